The van der Waals surface area contributed by atoms with Crippen LogP contribution in [-0.4, -0.2) is 23.3 Å². The first-order valence-corrected chi connectivity index (χ1v) is 6.44. The number of benzene rings is 1. The number of hydrogen-bond donors (Lipinski definition) is 1. The minimum Gasteiger partial charge on any atom is -0.454 e. The first kappa shape index (κ1) is 12.7. The van der Waals surface area contributed by atoms with Crippen LogP contribution in [0.5, 0.6) is 23.1 Å². The molecular formula is C14H15N3O3. The average Bonchev–Trinajstić information content (AvgIpc) is 2.94. The predicted octanol–water partition coefficient (Wildman–Crippen LogP) is 2.11. The summed E-state index contributed by atoms with van der Waals surface area (Å²) in [6.45, 7) is 3.90. The van der Waals surface area contributed by atoms with Crippen molar-refractivity contribution in [1.29, 1.82) is 0 Å². The van der Waals surface area contributed by atoms with Crippen LogP contribution in [0.3, 0.4) is 0 Å². The third-order valence-corrected chi connectivity index (χ3v) is 2.80. The van der Waals surface area contributed by atoms with Gasteiger partial charge in [-0.1, -0.05) is 6.92 Å². The number of nitrogens with zero attached hydrogens (tertiary/aromatic N) is 2. The lowest BCUT2D eigenvalue weighted by molar-refractivity contribution is 0.174. The Hall–Kier alpha value is -2.34. The van der Waals surface area contributed by atoms with Crippen LogP contribution in [0.4, 0.5) is 0 Å². The molecule has 1 N–H and O–H groups in total. The van der Waals surface area contributed by atoms with E-state index in [1.807, 2.05) is 19.1 Å². The summed E-state index contributed by atoms with van der Waals surface area (Å²) >= 11 is 0. The summed E-state index contributed by atoms with van der Waals surface area (Å²) in [4.78, 5) is 8.50. The maximum absolute atomic E-state index is 5.63. The Labute approximate surface area is 116 Å². The molecule has 104 valence electrons. The van der Waals surface area contributed by atoms with E-state index in [2.05, 4.69) is 15.3 Å². The van der Waals surface area contributed by atoms with Gasteiger partial charge in [0.15, 0.2) is 11.5 Å². The largest absolute Gasteiger partial charge is 0.454 e. The summed E-state index contributed by atoms with van der Waals surface area (Å²) in [5.41, 5.74) is 0.880. The molecule has 0 radical (unpaired) electrons. The molecule has 0 atom stereocenters. The Morgan fingerprint density at radius 2 is 2.10 bits per heavy atom. The summed E-state index contributed by atoms with van der Waals surface area (Å²) in [6.07, 6.45) is 3.31. The number of aromatic nitrogens is 2. The van der Waals surface area contributed by atoms with Crippen molar-refractivity contribution in [3.05, 3.63) is 36.3 Å². The summed E-state index contributed by atoms with van der Waals surface area (Å²) < 4.78 is 16.2. The monoisotopic (exact) mass is 273 g/mol. The molecule has 20 heavy (non-hydrogen) atoms. The van der Waals surface area contributed by atoms with E-state index in [4.69, 9.17) is 14.2 Å². The average molecular weight is 273 g/mol. The number of ether oxygens (including phenoxy) is 3. The molecule has 0 saturated heterocycles. The van der Waals surface area contributed by atoms with E-state index in [0.717, 1.165) is 18.0 Å². The van der Waals surface area contributed by atoms with Gasteiger partial charge >= 0.3 is 0 Å². The van der Waals surface area contributed by atoms with Gasteiger partial charge in [0.2, 0.25) is 12.7 Å². The predicted molar refractivity (Wildman–Crippen MR) is 72.1 cm³/mol. The van der Waals surface area contributed by atoms with Gasteiger partial charge in [0.25, 0.3) is 0 Å². The SMILES string of the molecule is CCNCc1cnc(Oc2ccc3c(c2)OCO3)cn1. The molecule has 0 spiro atoms. The maximum atomic E-state index is 5.63. The lowest BCUT2D eigenvalue weighted by Gasteiger charge is -2.06. The summed E-state index contributed by atoms with van der Waals surface area (Å²) in [5.74, 6) is 2.50. The van der Waals surface area contributed by atoms with Crippen LogP contribution >= 0.6 is 0 Å². The fourth-order valence-electron chi connectivity index (χ4n) is 1.80. The Balaban J connectivity index is 1.68. The number of fused-ring (bicyclic) bond motifs is 1. The lowest BCUT2D eigenvalue weighted by Crippen LogP contribution is -2.13. The standard InChI is InChI=1S/C14H15N3O3/c1-2-15-6-10-7-17-14(8-16-10)20-11-3-4-12-13(5-11)19-9-18-12/h3-5,7-8,15H,2,6,9H2,1H3. The Morgan fingerprint density at radius 3 is 2.90 bits per heavy atom. The van der Waals surface area contributed by atoms with Crippen LogP contribution in [0, 0.1) is 0 Å². The second-order valence-corrected chi connectivity index (χ2v) is 4.24. The lowest BCUT2D eigenvalue weighted by atomic mass is 10.3. The molecule has 0 fully saturated rings. The second-order valence-electron chi connectivity index (χ2n) is 4.24. The number of rotatable bonds is 5. The van der Waals surface area contributed by atoms with Gasteiger partial charge in [-0.25, -0.2) is 4.98 Å². The van der Waals surface area contributed by atoms with Gasteiger partial charge in [0, 0.05) is 12.6 Å². The van der Waals surface area contributed by atoms with Gasteiger partial charge in [-0.2, -0.15) is 0 Å². The van der Waals surface area contributed by atoms with E-state index in [0.29, 0.717) is 23.9 Å². The molecule has 2 aromatic rings. The van der Waals surface area contributed by atoms with Crippen molar-refractivity contribution in [2.24, 2.45) is 0 Å². The highest BCUT2D eigenvalue weighted by atomic mass is 16.7. The summed E-state index contributed by atoms with van der Waals surface area (Å²) in [5, 5.41) is 3.19. The van der Waals surface area contributed by atoms with Gasteiger partial charge in [-0.3, -0.25) is 4.98 Å². The fourth-order valence-corrected chi connectivity index (χ4v) is 1.80. The summed E-state index contributed by atoms with van der Waals surface area (Å²) in [7, 11) is 0. The van der Waals surface area contributed by atoms with E-state index >= 15 is 0 Å². The van der Waals surface area contributed by atoms with Crippen molar-refractivity contribution in [3.8, 4) is 23.1 Å². The minimum atomic E-state index is 0.248. The highest BCUT2D eigenvalue weighted by molar-refractivity contribution is 5.47. The summed E-state index contributed by atoms with van der Waals surface area (Å²) in [6, 6.07) is 5.39. The molecule has 1 aliphatic rings. The fraction of sp³-hybridized carbons (Fsp3) is 0.286. The maximum Gasteiger partial charge on any atom is 0.237 e. The molecule has 3 rings (SSSR count). The van der Waals surface area contributed by atoms with Crippen LogP contribution in [0.1, 0.15) is 12.6 Å². The number of hydrogen-bond acceptors (Lipinski definition) is 6. The van der Waals surface area contributed by atoms with Gasteiger partial charge < -0.3 is 19.5 Å². The minimum absolute atomic E-state index is 0.248. The Bertz CT molecular complexity index is 587. The van der Waals surface area contributed by atoms with Crippen LogP contribution in [0.2, 0.25) is 0 Å². The zero-order valence-electron chi connectivity index (χ0n) is 11.1. The first-order chi connectivity index (χ1) is 9.85. The smallest absolute Gasteiger partial charge is 0.237 e. The molecule has 1 aromatic carbocycles. The molecule has 0 saturated carbocycles. The third kappa shape index (κ3) is 2.80. The van der Waals surface area contributed by atoms with E-state index in [-0.39, 0.29) is 6.79 Å². The molecule has 0 unspecified atom stereocenters. The van der Waals surface area contributed by atoms with Crippen molar-refractivity contribution in [2.45, 2.75) is 13.5 Å². The van der Waals surface area contributed by atoms with E-state index in [9.17, 15) is 0 Å². The van der Waals surface area contributed by atoms with Crippen molar-refractivity contribution in [3.63, 3.8) is 0 Å². The van der Waals surface area contributed by atoms with Crippen LogP contribution in [0.25, 0.3) is 0 Å². The van der Waals surface area contributed by atoms with E-state index in [1.165, 1.54) is 0 Å². The van der Waals surface area contributed by atoms with E-state index in [1.54, 1.807) is 18.5 Å². The third-order valence-electron chi connectivity index (χ3n) is 2.80. The molecule has 2 heterocycles. The van der Waals surface area contributed by atoms with Crippen molar-refractivity contribution in [1.82, 2.24) is 15.3 Å². The molecule has 0 aliphatic carbocycles. The number of nitrogens with one attached hydrogen (secondary N) is 1. The highest BCUT2D eigenvalue weighted by Crippen LogP contribution is 2.36. The van der Waals surface area contributed by atoms with Gasteiger partial charge in [-0.15, -0.1) is 0 Å². The van der Waals surface area contributed by atoms with E-state index < -0.39 is 0 Å². The normalized spacial score (nSPS) is 12.4. The molecule has 0 amide bonds. The highest BCUT2D eigenvalue weighted by Gasteiger charge is 2.14. The van der Waals surface area contributed by atoms with Crippen molar-refractivity contribution < 1.29 is 14.2 Å². The van der Waals surface area contributed by atoms with Gasteiger partial charge in [0.1, 0.15) is 5.75 Å². The quantitative estimate of drug-likeness (QED) is 0.900. The zero-order chi connectivity index (χ0) is 13.8. The van der Waals surface area contributed by atoms with Crippen molar-refractivity contribution in [2.75, 3.05) is 13.3 Å². The zero-order valence-corrected chi connectivity index (χ0v) is 11.1. The van der Waals surface area contributed by atoms with Gasteiger partial charge in [0.05, 0.1) is 18.1 Å². The van der Waals surface area contributed by atoms with Crippen LogP contribution in [0.15, 0.2) is 30.6 Å². The van der Waals surface area contributed by atoms with Crippen molar-refractivity contribution >= 4 is 0 Å². The molecule has 6 nitrogen and oxygen atoms in total. The molecular weight excluding hydrogens is 258 g/mol. The Morgan fingerprint density at radius 1 is 1.20 bits per heavy atom. The molecule has 6 heteroatoms. The Kier molecular flexibility index (Phi) is 3.64. The second kappa shape index (κ2) is 5.75. The topological polar surface area (TPSA) is 65.5 Å². The molecule has 0 bridgehead atoms. The molecule has 1 aliphatic heterocycles. The van der Waals surface area contributed by atoms with Gasteiger partial charge in [-0.05, 0) is 18.7 Å². The van der Waals surface area contributed by atoms with Crippen LogP contribution in [-0.2, 0) is 6.54 Å². The molecule has 1 aromatic heterocycles. The van der Waals surface area contributed by atoms with Crippen LogP contribution < -0.4 is 19.5 Å². The first-order valence-electron chi connectivity index (χ1n) is 6.44.